The number of allylic oxidation sites excluding steroid dienone is 1. The maximum atomic E-state index is 6.71. The van der Waals surface area contributed by atoms with E-state index in [0.717, 1.165) is 17.6 Å². The van der Waals surface area contributed by atoms with E-state index in [0.29, 0.717) is 6.42 Å². The monoisotopic (exact) mass is 574 g/mol. The Morgan fingerprint density at radius 1 is 0.800 bits per heavy atom. The van der Waals surface area contributed by atoms with Crippen molar-refractivity contribution in [3.8, 4) is 28.7 Å². The first-order valence-electron chi connectivity index (χ1n) is 16.2. The van der Waals surface area contributed by atoms with Crippen LogP contribution in [0, 0.1) is 11.8 Å². The third-order valence-electron chi connectivity index (χ3n) is 10.6. The summed E-state index contributed by atoms with van der Waals surface area (Å²) < 4.78 is 12.0. The van der Waals surface area contributed by atoms with Gasteiger partial charge in [0, 0.05) is 49.4 Å². The van der Waals surface area contributed by atoms with Gasteiger partial charge < -0.3 is 13.5 Å². The maximum absolute atomic E-state index is 6.71. The Morgan fingerprint density at radius 2 is 1.67 bits per heavy atom. The summed E-state index contributed by atoms with van der Waals surface area (Å²) in [6.45, 7) is 2.34. The number of benzene rings is 5. The molecular weight excluding hydrogens is 547 g/mol. The SMILES string of the molecule is CCCCc1ccc2c3c(n4c2c1B1c2c(cc5oc6ccccc6c5c2-4)-c2cccc4c5ccccc5n1c24)CC#CC=C3. The lowest BCUT2D eigenvalue weighted by Crippen LogP contribution is -2.56. The Labute approximate surface area is 260 Å². The second kappa shape index (κ2) is 8.40. The van der Waals surface area contributed by atoms with Crippen molar-refractivity contribution < 1.29 is 4.42 Å². The topological polar surface area (TPSA) is 23.0 Å². The van der Waals surface area contributed by atoms with Crippen LogP contribution in [0.2, 0.25) is 0 Å². The van der Waals surface area contributed by atoms with E-state index in [1.54, 1.807) is 0 Å². The summed E-state index contributed by atoms with van der Waals surface area (Å²) in [7, 11) is 0. The summed E-state index contributed by atoms with van der Waals surface area (Å²) in [5.74, 6) is 6.73. The number of fused-ring (bicyclic) bond motifs is 14. The second-order valence-electron chi connectivity index (χ2n) is 12.8. The number of furan rings is 1. The molecule has 5 aromatic carbocycles. The number of para-hydroxylation sites is 3. The minimum absolute atomic E-state index is 0.0435. The molecular formula is C41H27BN2O. The van der Waals surface area contributed by atoms with E-state index in [1.807, 2.05) is 6.08 Å². The fourth-order valence-corrected chi connectivity index (χ4v) is 8.89. The smallest absolute Gasteiger partial charge is 0.333 e. The highest BCUT2D eigenvalue weighted by atomic mass is 16.3. The number of aryl methyl sites for hydroxylation is 1. The molecule has 0 radical (unpaired) electrons. The average molecular weight is 574 g/mol. The van der Waals surface area contributed by atoms with E-state index in [1.165, 1.54) is 101 Å². The van der Waals surface area contributed by atoms with Crippen molar-refractivity contribution in [1.82, 2.24) is 9.05 Å². The molecule has 0 atom stereocenters. The van der Waals surface area contributed by atoms with Crippen LogP contribution in [0.3, 0.4) is 0 Å². The van der Waals surface area contributed by atoms with Gasteiger partial charge in [-0.25, -0.2) is 0 Å². The van der Waals surface area contributed by atoms with Crippen LogP contribution in [0.5, 0.6) is 0 Å². The van der Waals surface area contributed by atoms with E-state index in [2.05, 4.69) is 119 Å². The molecule has 45 heavy (non-hydrogen) atoms. The van der Waals surface area contributed by atoms with E-state index < -0.39 is 0 Å². The summed E-state index contributed by atoms with van der Waals surface area (Å²) in [6, 6.07) is 31.5. The van der Waals surface area contributed by atoms with Crippen LogP contribution >= 0.6 is 0 Å². The highest BCUT2D eigenvalue weighted by molar-refractivity contribution is 6.90. The van der Waals surface area contributed by atoms with Crippen molar-refractivity contribution in [2.24, 2.45) is 0 Å². The minimum Gasteiger partial charge on any atom is -0.456 e. The fraction of sp³-hybridized carbons (Fsp3) is 0.122. The quantitative estimate of drug-likeness (QED) is 0.153. The summed E-state index contributed by atoms with van der Waals surface area (Å²) in [5, 5.41) is 6.31. The predicted molar refractivity (Wildman–Crippen MR) is 189 cm³/mol. The first-order valence-corrected chi connectivity index (χ1v) is 16.2. The van der Waals surface area contributed by atoms with Gasteiger partial charge in [-0.15, -0.1) is 0 Å². The van der Waals surface area contributed by atoms with Crippen molar-refractivity contribution >= 4 is 78.5 Å². The van der Waals surface area contributed by atoms with Gasteiger partial charge in [-0.2, -0.15) is 0 Å². The zero-order valence-corrected chi connectivity index (χ0v) is 24.9. The Hall–Kier alpha value is -5.40. The lowest BCUT2D eigenvalue weighted by molar-refractivity contribution is 0.669. The van der Waals surface area contributed by atoms with Gasteiger partial charge in [0.05, 0.1) is 23.0 Å². The number of hydrogen-bond donors (Lipinski definition) is 0. The Bertz CT molecular complexity index is 2740. The summed E-state index contributed by atoms with van der Waals surface area (Å²) in [6.07, 6.45) is 8.39. The van der Waals surface area contributed by atoms with E-state index in [-0.39, 0.29) is 6.85 Å². The highest BCUT2D eigenvalue weighted by Crippen LogP contribution is 2.46. The summed E-state index contributed by atoms with van der Waals surface area (Å²) in [5.41, 5.74) is 16.5. The average Bonchev–Trinajstić information content (AvgIpc) is 3.65. The summed E-state index contributed by atoms with van der Waals surface area (Å²) >= 11 is 0. The standard InChI is InChI=1S/C41H27BN2O/c1-2-3-12-24-21-22-29-25-13-5-4-6-18-32(25)43-40(29)37(24)42-38-31(23-35-36(41(38)43)30-15-8-10-20-34(30)45-35)28-17-11-16-27-26-14-7-9-19-33(26)44(42)39(27)28/h5,7-11,13-17,19-23H,2-3,12,18H2,1H3. The fourth-order valence-electron chi connectivity index (χ4n) is 8.89. The molecule has 0 unspecified atom stereocenters. The molecule has 11 rings (SSSR count). The molecule has 4 heteroatoms. The third kappa shape index (κ3) is 2.81. The highest BCUT2D eigenvalue weighted by Gasteiger charge is 2.44. The van der Waals surface area contributed by atoms with E-state index in [4.69, 9.17) is 4.42 Å². The first kappa shape index (κ1) is 24.0. The molecule has 0 saturated carbocycles. The number of hydrogen-bond acceptors (Lipinski definition) is 1. The Kier molecular flexibility index (Phi) is 4.48. The van der Waals surface area contributed by atoms with Gasteiger partial charge in [-0.1, -0.05) is 91.9 Å². The predicted octanol–water partition coefficient (Wildman–Crippen LogP) is 8.50. The van der Waals surface area contributed by atoms with E-state index in [9.17, 15) is 0 Å². The van der Waals surface area contributed by atoms with Gasteiger partial charge in [0.1, 0.15) is 11.2 Å². The van der Waals surface area contributed by atoms with E-state index >= 15 is 0 Å². The molecule has 1 aliphatic carbocycles. The molecule has 0 N–H and O–H groups in total. The molecule has 0 spiro atoms. The van der Waals surface area contributed by atoms with Crippen LogP contribution in [0.1, 0.15) is 36.6 Å². The Morgan fingerprint density at radius 3 is 2.60 bits per heavy atom. The molecule has 5 heterocycles. The number of rotatable bonds is 3. The third-order valence-corrected chi connectivity index (χ3v) is 10.6. The van der Waals surface area contributed by atoms with Crippen molar-refractivity contribution in [3.05, 3.63) is 108 Å². The number of unbranched alkanes of at least 4 members (excludes halogenated alkanes) is 1. The number of nitrogens with zero attached hydrogens (tertiary/aromatic N) is 2. The van der Waals surface area contributed by atoms with Crippen LogP contribution in [-0.4, -0.2) is 15.9 Å². The van der Waals surface area contributed by atoms with Crippen molar-refractivity contribution in [2.75, 3.05) is 0 Å². The molecule has 3 aromatic heterocycles. The molecule has 0 saturated heterocycles. The Balaban J connectivity index is 1.45. The lowest BCUT2D eigenvalue weighted by Gasteiger charge is -2.35. The normalized spacial score (nSPS) is 13.9. The maximum Gasteiger partial charge on any atom is 0.333 e. The van der Waals surface area contributed by atoms with Crippen LogP contribution in [-0.2, 0) is 12.8 Å². The van der Waals surface area contributed by atoms with Gasteiger partial charge in [0.25, 0.3) is 0 Å². The largest absolute Gasteiger partial charge is 0.456 e. The number of aromatic nitrogens is 2. The second-order valence-corrected chi connectivity index (χ2v) is 12.8. The zero-order chi connectivity index (χ0) is 29.4. The molecule has 0 fully saturated rings. The van der Waals surface area contributed by atoms with Crippen molar-refractivity contribution in [3.63, 3.8) is 0 Å². The van der Waals surface area contributed by atoms with Crippen LogP contribution < -0.4 is 10.9 Å². The molecule has 8 aromatic rings. The first-order chi connectivity index (χ1) is 22.3. The summed E-state index contributed by atoms with van der Waals surface area (Å²) in [4.78, 5) is 0. The van der Waals surface area contributed by atoms with Crippen molar-refractivity contribution in [1.29, 1.82) is 0 Å². The van der Waals surface area contributed by atoms with Crippen LogP contribution in [0.15, 0.2) is 95.4 Å². The molecule has 210 valence electrons. The zero-order valence-electron chi connectivity index (χ0n) is 24.9. The lowest BCUT2D eigenvalue weighted by atomic mass is 9.44. The van der Waals surface area contributed by atoms with Gasteiger partial charge in [0.15, 0.2) is 0 Å². The van der Waals surface area contributed by atoms with Gasteiger partial charge in [0.2, 0.25) is 0 Å². The molecule has 2 aliphatic heterocycles. The van der Waals surface area contributed by atoms with Gasteiger partial charge in [-0.05, 0) is 65.2 Å². The van der Waals surface area contributed by atoms with Crippen molar-refractivity contribution in [2.45, 2.75) is 32.6 Å². The van der Waals surface area contributed by atoms with Crippen LogP contribution in [0.25, 0.3) is 77.5 Å². The molecule has 3 nitrogen and oxygen atoms in total. The van der Waals surface area contributed by atoms with Crippen LogP contribution in [0.4, 0.5) is 0 Å². The van der Waals surface area contributed by atoms with Gasteiger partial charge >= 0.3 is 6.85 Å². The molecule has 0 bridgehead atoms. The molecule has 0 amide bonds. The van der Waals surface area contributed by atoms with Gasteiger partial charge in [-0.3, -0.25) is 0 Å². The molecule has 3 aliphatic rings. The minimum atomic E-state index is 0.0435.